The Morgan fingerprint density at radius 1 is 1.37 bits per heavy atom. The van der Waals surface area contributed by atoms with E-state index in [9.17, 15) is 14.7 Å². The third-order valence-corrected chi connectivity index (χ3v) is 5.74. The quantitative estimate of drug-likeness (QED) is 0.444. The van der Waals surface area contributed by atoms with E-state index in [1.54, 1.807) is 0 Å². The Morgan fingerprint density at radius 3 is 2.68 bits per heavy atom. The first kappa shape index (κ1) is 12.9. The van der Waals surface area contributed by atoms with Crippen molar-refractivity contribution in [3.05, 3.63) is 12.2 Å². The summed E-state index contributed by atoms with van der Waals surface area (Å²) in [6.45, 7) is 7.66. The van der Waals surface area contributed by atoms with Gasteiger partial charge in [-0.1, -0.05) is 19.1 Å². The molecule has 5 atom stereocenters. The number of Topliss-reactive ketones (excluding diaryl/α,β-unsaturated/α-hetero) is 1. The highest BCUT2D eigenvalue weighted by atomic mass is 16.6. The van der Waals surface area contributed by atoms with Gasteiger partial charge in [-0.15, -0.1) is 0 Å². The van der Waals surface area contributed by atoms with Crippen LogP contribution in [0, 0.1) is 16.7 Å². The van der Waals surface area contributed by atoms with Crippen LogP contribution in [0.5, 0.6) is 0 Å². The fourth-order valence-corrected chi connectivity index (χ4v) is 4.35. The molecule has 0 aromatic heterocycles. The van der Waals surface area contributed by atoms with Crippen molar-refractivity contribution in [3.8, 4) is 0 Å². The molecule has 0 unspecified atom stereocenters. The minimum Gasteiger partial charge on any atom is -0.453 e. The lowest BCUT2D eigenvalue weighted by molar-refractivity contribution is -0.159. The average molecular weight is 264 g/mol. The first-order valence-electron chi connectivity index (χ1n) is 6.93. The van der Waals surface area contributed by atoms with Crippen LogP contribution in [0.25, 0.3) is 0 Å². The van der Waals surface area contributed by atoms with E-state index < -0.39 is 29.0 Å². The van der Waals surface area contributed by atoms with Crippen LogP contribution < -0.4 is 0 Å². The van der Waals surface area contributed by atoms with E-state index in [1.165, 1.54) is 0 Å². The van der Waals surface area contributed by atoms with E-state index in [1.807, 2.05) is 13.8 Å². The molecular formula is C15H20O4. The van der Waals surface area contributed by atoms with Gasteiger partial charge in [0.2, 0.25) is 0 Å². The highest BCUT2D eigenvalue weighted by Crippen LogP contribution is 2.62. The summed E-state index contributed by atoms with van der Waals surface area (Å²) >= 11 is 0. The number of hydrogen-bond donors (Lipinski definition) is 1. The third-order valence-electron chi connectivity index (χ3n) is 5.74. The molecule has 2 saturated carbocycles. The lowest BCUT2D eigenvalue weighted by Gasteiger charge is -2.38. The zero-order chi connectivity index (χ0) is 14.0. The van der Waals surface area contributed by atoms with Gasteiger partial charge >= 0.3 is 5.97 Å². The van der Waals surface area contributed by atoms with Crippen LogP contribution in [0.2, 0.25) is 0 Å². The molecule has 0 amide bonds. The molecule has 3 aliphatic rings. The maximum atomic E-state index is 12.8. The predicted octanol–water partition coefficient (Wildman–Crippen LogP) is 1.61. The lowest BCUT2D eigenvalue weighted by atomic mass is 9.63. The van der Waals surface area contributed by atoms with E-state index in [-0.39, 0.29) is 11.7 Å². The van der Waals surface area contributed by atoms with Gasteiger partial charge in [-0.05, 0) is 32.6 Å². The molecule has 0 radical (unpaired) electrons. The highest BCUT2D eigenvalue weighted by Gasteiger charge is 2.73. The van der Waals surface area contributed by atoms with Gasteiger partial charge in [0.1, 0.15) is 5.41 Å². The summed E-state index contributed by atoms with van der Waals surface area (Å²) in [5, 5.41) is 10.3. The van der Waals surface area contributed by atoms with Crippen LogP contribution in [0.3, 0.4) is 0 Å². The zero-order valence-electron chi connectivity index (χ0n) is 11.4. The van der Waals surface area contributed by atoms with Gasteiger partial charge in [0, 0.05) is 11.3 Å². The van der Waals surface area contributed by atoms with Crippen molar-refractivity contribution in [1.29, 1.82) is 0 Å². The third kappa shape index (κ3) is 1.28. The van der Waals surface area contributed by atoms with Gasteiger partial charge in [0.05, 0.1) is 6.10 Å². The molecule has 0 aromatic rings. The van der Waals surface area contributed by atoms with Crippen LogP contribution in [-0.4, -0.2) is 29.1 Å². The van der Waals surface area contributed by atoms with Crippen LogP contribution in [-0.2, 0) is 14.3 Å². The van der Waals surface area contributed by atoms with E-state index in [0.717, 1.165) is 12.0 Å². The maximum absolute atomic E-state index is 12.8. The molecule has 1 aliphatic heterocycles. The number of esters is 1. The van der Waals surface area contributed by atoms with Crippen LogP contribution >= 0.6 is 0 Å². The summed E-state index contributed by atoms with van der Waals surface area (Å²) < 4.78 is 5.41. The van der Waals surface area contributed by atoms with E-state index in [4.69, 9.17) is 4.74 Å². The largest absolute Gasteiger partial charge is 0.453 e. The zero-order valence-corrected chi connectivity index (χ0v) is 11.4. The Morgan fingerprint density at radius 2 is 2.05 bits per heavy atom. The average Bonchev–Trinajstić information content (AvgIpc) is 2.69. The number of aliphatic hydroxyl groups excluding tert-OH is 1. The van der Waals surface area contributed by atoms with E-state index in [2.05, 4.69) is 6.58 Å². The number of ketones is 1. The molecule has 1 heterocycles. The molecule has 1 N–H and O–H groups in total. The Balaban J connectivity index is 2.15. The van der Waals surface area contributed by atoms with Crippen molar-refractivity contribution < 1.29 is 19.4 Å². The number of carbonyl (C=O) groups is 2. The molecule has 0 aromatic carbocycles. The van der Waals surface area contributed by atoms with Crippen molar-refractivity contribution in [2.24, 2.45) is 16.7 Å². The second-order valence-corrected chi connectivity index (χ2v) is 6.56. The monoisotopic (exact) mass is 264 g/mol. The fourth-order valence-electron chi connectivity index (χ4n) is 4.35. The molecule has 3 fully saturated rings. The van der Waals surface area contributed by atoms with Crippen molar-refractivity contribution in [2.75, 3.05) is 0 Å². The van der Waals surface area contributed by atoms with Crippen molar-refractivity contribution >= 4 is 11.8 Å². The Kier molecular flexibility index (Phi) is 2.50. The summed E-state index contributed by atoms with van der Waals surface area (Å²) in [6, 6.07) is 0. The maximum Gasteiger partial charge on any atom is 0.321 e. The minimum absolute atomic E-state index is 0.106. The minimum atomic E-state index is -1.11. The Labute approximate surface area is 112 Å². The summed E-state index contributed by atoms with van der Waals surface area (Å²) in [4.78, 5) is 25.1. The lowest BCUT2D eigenvalue weighted by Crippen LogP contribution is -2.48. The van der Waals surface area contributed by atoms with Gasteiger partial charge in [0.15, 0.2) is 11.9 Å². The van der Waals surface area contributed by atoms with Crippen LogP contribution in [0.1, 0.15) is 39.5 Å². The molecule has 4 nitrogen and oxygen atoms in total. The predicted molar refractivity (Wildman–Crippen MR) is 68.2 cm³/mol. The van der Waals surface area contributed by atoms with E-state index >= 15 is 0 Å². The molecule has 19 heavy (non-hydrogen) atoms. The second kappa shape index (κ2) is 3.69. The second-order valence-electron chi connectivity index (χ2n) is 6.56. The van der Waals surface area contributed by atoms with Gasteiger partial charge in [-0.2, -0.15) is 0 Å². The highest BCUT2D eigenvalue weighted by molar-refractivity contribution is 6.12. The van der Waals surface area contributed by atoms with Crippen molar-refractivity contribution in [3.63, 3.8) is 0 Å². The molecule has 1 spiro atoms. The SMILES string of the molecule is C=C(C)[C@@H]1CC[C@@]2(C)[C@H](O)CC[C@]23C(=O)O[C@H]1C3=O. The fraction of sp³-hybridized carbons (Fsp3) is 0.733. The normalized spacial score (nSPS) is 48.7. The molecule has 2 aliphatic carbocycles. The molecule has 2 bridgehead atoms. The van der Waals surface area contributed by atoms with E-state index in [0.29, 0.717) is 19.3 Å². The first-order chi connectivity index (χ1) is 8.84. The summed E-state index contributed by atoms with van der Waals surface area (Å²) in [5.74, 6) is -0.653. The summed E-state index contributed by atoms with van der Waals surface area (Å²) in [6.07, 6.45) is 1.05. The van der Waals surface area contributed by atoms with Crippen LogP contribution in [0.15, 0.2) is 12.2 Å². The number of rotatable bonds is 1. The van der Waals surface area contributed by atoms with Crippen LogP contribution in [0.4, 0.5) is 0 Å². The number of fused-ring (bicyclic) bond motifs is 1. The summed E-state index contributed by atoms with van der Waals surface area (Å²) in [7, 11) is 0. The van der Waals surface area contributed by atoms with Gasteiger partial charge < -0.3 is 9.84 Å². The van der Waals surface area contributed by atoms with Gasteiger partial charge in [-0.3, -0.25) is 9.59 Å². The number of carbonyl (C=O) groups excluding carboxylic acids is 2. The Bertz CT molecular complexity index is 483. The molecule has 4 heteroatoms. The van der Waals surface area contributed by atoms with Gasteiger partial charge in [0.25, 0.3) is 0 Å². The van der Waals surface area contributed by atoms with Crippen molar-refractivity contribution in [1.82, 2.24) is 0 Å². The first-order valence-corrected chi connectivity index (χ1v) is 6.93. The number of hydrogen-bond acceptors (Lipinski definition) is 4. The Hall–Kier alpha value is -1.16. The van der Waals surface area contributed by atoms with Gasteiger partial charge in [-0.25, -0.2) is 0 Å². The topological polar surface area (TPSA) is 63.6 Å². The molecule has 1 saturated heterocycles. The standard InChI is InChI=1S/C15H20O4/c1-8(2)9-4-6-14(3)10(16)5-7-15(14)12(17)11(9)19-13(15)18/h9-11,16H,1,4-7H2,2-3H3/t9-,10+,11+,14-,15-/m0/s1. The van der Waals surface area contributed by atoms with Crippen molar-refractivity contribution in [2.45, 2.75) is 51.7 Å². The number of aliphatic hydroxyl groups is 1. The smallest absolute Gasteiger partial charge is 0.321 e. The molecule has 3 rings (SSSR count). The number of ether oxygens (including phenoxy) is 1. The molecular weight excluding hydrogens is 244 g/mol. The molecule has 104 valence electrons. The summed E-state index contributed by atoms with van der Waals surface area (Å²) in [5.41, 5.74) is -0.914.